The van der Waals surface area contributed by atoms with Gasteiger partial charge in [0, 0.05) is 13.6 Å². The van der Waals surface area contributed by atoms with Crippen LogP contribution in [0.25, 0.3) is 10.2 Å². The molecule has 0 aliphatic heterocycles. The highest BCUT2D eigenvalue weighted by Crippen LogP contribution is 2.27. The molecule has 0 saturated carbocycles. The second-order valence-electron chi connectivity index (χ2n) is 4.17. The Balaban J connectivity index is 2.24. The number of nitrogens with two attached hydrogens (primary N) is 1. The second kappa shape index (κ2) is 5.31. The highest BCUT2D eigenvalue weighted by atomic mass is 32.1. The number of hydrogen-bond acceptors (Lipinski definition) is 5. The highest BCUT2D eigenvalue weighted by Gasteiger charge is 2.10. The number of nitrogen functional groups attached to an aromatic ring is 1. The number of hydrogen-bond donors (Lipinski definition) is 1. The molecule has 0 radical (unpaired) electrons. The van der Waals surface area contributed by atoms with Gasteiger partial charge in [0.15, 0.2) is 0 Å². The van der Waals surface area contributed by atoms with Crippen LogP contribution in [0.3, 0.4) is 0 Å². The van der Waals surface area contributed by atoms with Crippen LogP contribution in [-0.2, 0) is 0 Å². The van der Waals surface area contributed by atoms with Crippen molar-refractivity contribution in [3.8, 4) is 0 Å². The Bertz CT molecular complexity index is 494. The van der Waals surface area contributed by atoms with Gasteiger partial charge in [-0.3, -0.25) is 0 Å². The Labute approximate surface area is 105 Å². The smallest absolute Gasteiger partial charge is 0.223 e. The Morgan fingerprint density at radius 3 is 2.94 bits per heavy atom. The van der Waals surface area contributed by atoms with Crippen LogP contribution in [0.2, 0.25) is 0 Å². The van der Waals surface area contributed by atoms with Crippen LogP contribution in [0.1, 0.15) is 26.2 Å². The van der Waals surface area contributed by atoms with Crippen LogP contribution in [0, 0.1) is 0 Å². The lowest BCUT2D eigenvalue weighted by Gasteiger charge is -2.18. The number of unbranched alkanes of at least 4 members (excludes halogenated alkanes) is 2. The second-order valence-corrected chi connectivity index (χ2v) is 5.07. The lowest BCUT2D eigenvalue weighted by Crippen LogP contribution is -2.20. The van der Waals surface area contributed by atoms with E-state index in [2.05, 4.69) is 34.9 Å². The topological polar surface area (TPSA) is 55.0 Å². The molecule has 0 aromatic carbocycles. The summed E-state index contributed by atoms with van der Waals surface area (Å²) in [6.07, 6.45) is 3.66. The van der Waals surface area contributed by atoms with Gasteiger partial charge in [-0.05, 0) is 17.9 Å². The summed E-state index contributed by atoms with van der Waals surface area (Å²) in [5.41, 5.74) is 5.73. The van der Waals surface area contributed by atoms with Gasteiger partial charge in [-0.1, -0.05) is 19.8 Å². The first-order chi connectivity index (χ1) is 8.22. The van der Waals surface area contributed by atoms with Crippen molar-refractivity contribution < 1.29 is 0 Å². The van der Waals surface area contributed by atoms with E-state index in [1.165, 1.54) is 19.3 Å². The van der Waals surface area contributed by atoms with Gasteiger partial charge in [-0.15, -0.1) is 11.3 Å². The van der Waals surface area contributed by atoms with Gasteiger partial charge in [0.05, 0.1) is 5.39 Å². The van der Waals surface area contributed by atoms with E-state index in [9.17, 15) is 0 Å². The molecule has 0 fully saturated rings. The average molecular weight is 250 g/mol. The molecule has 4 nitrogen and oxygen atoms in total. The molecule has 0 aliphatic carbocycles. The first kappa shape index (κ1) is 12.1. The molecule has 2 rings (SSSR count). The molecule has 0 aliphatic rings. The zero-order valence-electron chi connectivity index (χ0n) is 10.3. The lowest BCUT2D eigenvalue weighted by molar-refractivity contribution is 0.702. The third-order valence-corrected chi connectivity index (χ3v) is 3.59. The summed E-state index contributed by atoms with van der Waals surface area (Å²) >= 11 is 1.60. The van der Waals surface area contributed by atoms with Crippen molar-refractivity contribution in [2.24, 2.45) is 0 Å². The SMILES string of the molecule is CCCCCN(C)c1nc(N)nc2sccc12. The minimum atomic E-state index is 0.359. The summed E-state index contributed by atoms with van der Waals surface area (Å²) in [5.74, 6) is 1.31. The van der Waals surface area contributed by atoms with E-state index in [-0.39, 0.29) is 0 Å². The molecule has 0 atom stereocenters. The fraction of sp³-hybridized carbons (Fsp3) is 0.500. The Hall–Kier alpha value is -1.36. The fourth-order valence-electron chi connectivity index (χ4n) is 1.85. The van der Waals surface area contributed by atoms with Crippen LogP contribution in [-0.4, -0.2) is 23.6 Å². The van der Waals surface area contributed by atoms with Gasteiger partial charge in [0.1, 0.15) is 10.6 Å². The van der Waals surface area contributed by atoms with Crippen LogP contribution < -0.4 is 10.6 Å². The maximum atomic E-state index is 5.73. The minimum absolute atomic E-state index is 0.359. The van der Waals surface area contributed by atoms with Gasteiger partial charge < -0.3 is 10.6 Å². The zero-order chi connectivity index (χ0) is 12.3. The molecule has 2 aromatic rings. The number of anilines is 2. The van der Waals surface area contributed by atoms with Crippen molar-refractivity contribution in [2.75, 3.05) is 24.2 Å². The Morgan fingerprint density at radius 2 is 2.18 bits per heavy atom. The third-order valence-electron chi connectivity index (χ3n) is 2.78. The molecule has 2 N–H and O–H groups in total. The van der Waals surface area contributed by atoms with E-state index in [1.54, 1.807) is 11.3 Å². The Morgan fingerprint density at radius 1 is 1.35 bits per heavy atom. The molecule has 2 aromatic heterocycles. The number of aromatic nitrogens is 2. The van der Waals surface area contributed by atoms with Crippen molar-refractivity contribution in [1.82, 2.24) is 9.97 Å². The number of rotatable bonds is 5. The summed E-state index contributed by atoms with van der Waals surface area (Å²) in [5, 5.41) is 3.13. The van der Waals surface area contributed by atoms with E-state index < -0.39 is 0 Å². The predicted molar refractivity (Wildman–Crippen MR) is 74.6 cm³/mol. The van der Waals surface area contributed by atoms with Crippen molar-refractivity contribution >= 4 is 33.3 Å². The van der Waals surface area contributed by atoms with Crippen LogP contribution in [0.15, 0.2) is 11.4 Å². The van der Waals surface area contributed by atoms with E-state index >= 15 is 0 Å². The van der Waals surface area contributed by atoms with E-state index in [4.69, 9.17) is 5.73 Å². The quantitative estimate of drug-likeness (QED) is 0.829. The number of thiophene rings is 1. The van der Waals surface area contributed by atoms with Crippen LogP contribution >= 0.6 is 11.3 Å². The monoisotopic (exact) mass is 250 g/mol. The normalized spacial score (nSPS) is 10.9. The summed E-state index contributed by atoms with van der Waals surface area (Å²) < 4.78 is 0. The van der Waals surface area contributed by atoms with E-state index in [1.807, 2.05) is 5.38 Å². The zero-order valence-corrected chi connectivity index (χ0v) is 11.1. The van der Waals surface area contributed by atoms with E-state index in [0.29, 0.717) is 5.95 Å². The van der Waals surface area contributed by atoms with Gasteiger partial charge in [-0.2, -0.15) is 4.98 Å². The molecule has 0 unspecified atom stereocenters. The number of nitrogens with zero attached hydrogens (tertiary/aromatic N) is 3. The molecule has 5 heteroatoms. The van der Waals surface area contributed by atoms with Crippen molar-refractivity contribution in [3.63, 3.8) is 0 Å². The van der Waals surface area contributed by atoms with Crippen molar-refractivity contribution in [1.29, 1.82) is 0 Å². The maximum absolute atomic E-state index is 5.73. The summed E-state index contributed by atoms with van der Waals surface area (Å²) in [7, 11) is 2.06. The molecule has 17 heavy (non-hydrogen) atoms. The molecule has 0 bridgehead atoms. The van der Waals surface area contributed by atoms with Crippen LogP contribution in [0.4, 0.5) is 11.8 Å². The summed E-state index contributed by atoms with van der Waals surface area (Å²) in [6.45, 7) is 3.22. The first-order valence-corrected chi connectivity index (χ1v) is 6.82. The Kier molecular flexibility index (Phi) is 3.78. The third kappa shape index (κ3) is 2.66. The van der Waals surface area contributed by atoms with Crippen molar-refractivity contribution in [3.05, 3.63) is 11.4 Å². The molecule has 0 amide bonds. The highest BCUT2D eigenvalue weighted by molar-refractivity contribution is 7.16. The van der Waals surface area contributed by atoms with Crippen molar-refractivity contribution in [2.45, 2.75) is 26.2 Å². The maximum Gasteiger partial charge on any atom is 0.223 e. The largest absolute Gasteiger partial charge is 0.368 e. The molecular weight excluding hydrogens is 232 g/mol. The van der Waals surface area contributed by atoms with Gasteiger partial charge >= 0.3 is 0 Å². The molecule has 2 heterocycles. The first-order valence-electron chi connectivity index (χ1n) is 5.94. The predicted octanol–water partition coefficient (Wildman–Crippen LogP) is 2.90. The fourth-order valence-corrected chi connectivity index (χ4v) is 2.62. The van der Waals surface area contributed by atoms with Crippen LogP contribution in [0.5, 0.6) is 0 Å². The summed E-state index contributed by atoms with van der Waals surface area (Å²) in [4.78, 5) is 11.7. The van der Waals surface area contributed by atoms with E-state index in [0.717, 1.165) is 22.6 Å². The lowest BCUT2D eigenvalue weighted by atomic mass is 10.2. The van der Waals surface area contributed by atoms with Gasteiger partial charge in [0.25, 0.3) is 0 Å². The van der Waals surface area contributed by atoms with Gasteiger partial charge in [0.2, 0.25) is 5.95 Å². The standard InChI is InChI=1S/C12H18N4S/c1-3-4-5-7-16(2)10-9-6-8-17-11(9)15-12(13)14-10/h6,8H,3-5,7H2,1-2H3,(H2,13,14,15). The molecule has 0 spiro atoms. The van der Waals surface area contributed by atoms with Gasteiger partial charge in [-0.25, -0.2) is 4.98 Å². The molecule has 0 saturated heterocycles. The molecular formula is C12H18N4S. The summed E-state index contributed by atoms with van der Waals surface area (Å²) in [6, 6.07) is 2.06. The average Bonchev–Trinajstić information content (AvgIpc) is 2.75. The minimum Gasteiger partial charge on any atom is -0.368 e. The number of fused-ring (bicyclic) bond motifs is 1. The molecule has 92 valence electrons.